The van der Waals surface area contributed by atoms with Crippen LogP contribution in [0.25, 0.3) is 0 Å². The highest BCUT2D eigenvalue weighted by Crippen LogP contribution is 2.32. The average Bonchev–Trinajstić information content (AvgIpc) is 2.82. The van der Waals surface area contributed by atoms with E-state index >= 15 is 0 Å². The summed E-state index contributed by atoms with van der Waals surface area (Å²) in [5.74, 6) is 0.767. The fourth-order valence-electron chi connectivity index (χ4n) is 2.57. The van der Waals surface area contributed by atoms with Crippen LogP contribution in [0.5, 0.6) is 0 Å². The Balaban J connectivity index is 2.14. The third-order valence-electron chi connectivity index (χ3n) is 3.78. The van der Waals surface area contributed by atoms with Crippen molar-refractivity contribution in [2.75, 3.05) is 12.3 Å². The van der Waals surface area contributed by atoms with Crippen LogP contribution in [0.15, 0.2) is 9.95 Å². The predicted molar refractivity (Wildman–Crippen MR) is 84.9 cm³/mol. The summed E-state index contributed by atoms with van der Waals surface area (Å²) >= 11 is 1.57. The average molecular weight is 309 g/mol. The van der Waals surface area contributed by atoms with Gasteiger partial charge in [-0.3, -0.25) is 14.2 Å². The Kier molecular flexibility index (Phi) is 5.45. The molecule has 1 amide bonds. The first-order chi connectivity index (χ1) is 10.1. The number of fused-ring (bicyclic) bond motifs is 1. The van der Waals surface area contributed by atoms with Crippen LogP contribution in [0.4, 0.5) is 0 Å². The molecule has 1 aromatic heterocycles. The third kappa shape index (κ3) is 3.48. The van der Waals surface area contributed by atoms with Crippen molar-refractivity contribution >= 4 is 17.7 Å². The van der Waals surface area contributed by atoms with E-state index in [4.69, 9.17) is 0 Å². The molecule has 116 valence electrons. The lowest BCUT2D eigenvalue weighted by Gasteiger charge is -2.15. The van der Waals surface area contributed by atoms with Crippen LogP contribution >= 0.6 is 11.8 Å². The van der Waals surface area contributed by atoms with E-state index in [1.165, 1.54) is 0 Å². The molecule has 1 aromatic rings. The largest absolute Gasteiger partial charge is 0.356 e. The zero-order valence-electron chi connectivity index (χ0n) is 12.9. The van der Waals surface area contributed by atoms with Crippen molar-refractivity contribution in [3.8, 4) is 0 Å². The van der Waals surface area contributed by atoms with Crippen LogP contribution in [0.3, 0.4) is 0 Å². The Morgan fingerprint density at radius 3 is 2.90 bits per heavy atom. The van der Waals surface area contributed by atoms with Crippen LogP contribution in [0.1, 0.15) is 50.4 Å². The van der Waals surface area contributed by atoms with Crippen molar-refractivity contribution in [2.45, 2.75) is 57.7 Å². The van der Waals surface area contributed by atoms with E-state index < -0.39 is 0 Å². The number of nitrogens with one attached hydrogen (secondary N) is 1. The summed E-state index contributed by atoms with van der Waals surface area (Å²) in [6, 6.07) is -0.0717. The highest BCUT2D eigenvalue weighted by atomic mass is 32.2. The molecule has 0 aromatic carbocycles. The Morgan fingerprint density at radius 1 is 1.48 bits per heavy atom. The molecule has 1 atom stereocenters. The lowest BCUT2D eigenvalue weighted by Crippen LogP contribution is -2.32. The second-order valence-corrected chi connectivity index (χ2v) is 6.35. The lowest BCUT2D eigenvalue weighted by atomic mass is 10.1. The molecule has 21 heavy (non-hydrogen) atoms. The fraction of sp³-hybridized carbons (Fsp3) is 0.667. The summed E-state index contributed by atoms with van der Waals surface area (Å²) in [6.45, 7) is 6.65. The van der Waals surface area contributed by atoms with E-state index in [-0.39, 0.29) is 17.5 Å². The molecule has 2 rings (SSSR count). The summed E-state index contributed by atoms with van der Waals surface area (Å²) in [5, 5.41) is 3.67. The second kappa shape index (κ2) is 7.11. The number of nitrogens with zero attached hydrogens (tertiary/aromatic N) is 2. The number of unbranched alkanes of at least 4 members (excludes halogenated alkanes) is 1. The molecule has 0 radical (unpaired) electrons. The SMILES string of the molecule is CCCCNC(=O)CC1CSc2nc(C)c(CC)c(=O)n21. The van der Waals surface area contributed by atoms with Crippen molar-refractivity contribution in [3.63, 3.8) is 0 Å². The number of amides is 1. The molecular formula is C15H23N3O2S. The van der Waals surface area contributed by atoms with Crippen molar-refractivity contribution in [1.82, 2.24) is 14.9 Å². The van der Waals surface area contributed by atoms with E-state index in [2.05, 4.69) is 17.2 Å². The molecule has 5 nitrogen and oxygen atoms in total. The zero-order chi connectivity index (χ0) is 15.4. The molecule has 0 aliphatic carbocycles. The number of hydrogen-bond acceptors (Lipinski definition) is 4. The van der Waals surface area contributed by atoms with Gasteiger partial charge in [0.15, 0.2) is 5.16 Å². The standard InChI is InChI=1S/C15H23N3O2S/c1-4-6-7-16-13(19)8-11-9-21-15-17-10(3)12(5-2)14(20)18(11)15/h11H,4-9H2,1-3H3,(H,16,19). The third-order valence-corrected chi connectivity index (χ3v) is 4.88. The molecule has 0 fully saturated rings. The molecule has 6 heteroatoms. The summed E-state index contributed by atoms with van der Waals surface area (Å²) in [4.78, 5) is 29.0. The minimum absolute atomic E-state index is 0.0208. The van der Waals surface area contributed by atoms with E-state index in [1.807, 2.05) is 13.8 Å². The van der Waals surface area contributed by atoms with E-state index in [0.717, 1.165) is 35.0 Å². The monoisotopic (exact) mass is 309 g/mol. The predicted octanol–water partition coefficient (Wildman–Crippen LogP) is 2.07. The summed E-state index contributed by atoms with van der Waals surface area (Å²) in [5.41, 5.74) is 1.60. The molecular weight excluding hydrogens is 286 g/mol. The quantitative estimate of drug-likeness (QED) is 0.645. The van der Waals surface area contributed by atoms with Crippen molar-refractivity contribution < 1.29 is 4.79 Å². The number of aromatic nitrogens is 2. The fourth-order valence-corrected chi connectivity index (χ4v) is 3.75. The maximum atomic E-state index is 12.5. The highest BCUT2D eigenvalue weighted by molar-refractivity contribution is 7.99. The van der Waals surface area contributed by atoms with Crippen molar-refractivity contribution in [2.24, 2.45) is 0 Å². The van der Waals surface area contributed by atoms with Gasteiger partial charge >= 0.3 is 0 Å². The Labute approximate surface area is 129 Å². The van der Waals surface area contributed by atoms with Crippen LogP contribution in [-0.2, 0) is 11.2 Å². The number of rotatable bonds is 6. The molecule has 2 heterocycles. The minimum Gasteiger partial charge on any atom is -0.356 e. The summed E-state index contributed by atoms with van der Waals surface area (Å²) in [7, 11) is 0. The van der Waals surface area contributed by atoms with E-state index in [0.29, 0.717) is 19.4 Å². The van der Waals surface area contributed by atoms with E-state index in [1.54, 1.807) is 16.3 Å². The molecule has 1 unspecified atom stereocenters. The van der Waals surface area contributed by atoms with Crippen LogP contribution < -0.4 is 10.9 Å². The number of aryl methyl sites for hydroxylation is 1. The Bertz CT molecular complexity index is 583. The maximum Gasteiger partial charge on any atom is 0.257 e. The molecule has 0 bridgehead atoms. The highest BCUT2D eigenvalue weighted by Gasteiger charge is 2.28. The smallest absolute Gasteiger partial charge is 0.257 e. The molecule has 0 saturated heterocycles. The van der Waals surface area contributed by atoms with Gasteiger partial charge < -0.3 is 5.32 Å². The van der Waals surface area contributed by atoms with Gasteiger partial charge in [0.2, 0.25) is 5.91 Å². The molecule has 1 aliphatic rings. The van der Waals surface area contributed by atoms with Crippen LogP contribution in [-0.4, -0.2) is 27.8 Å². The minimum atomic E-state index is -0.0717. The molecule has 1 aliphatic heterocycles. The van der Waals surface area contributed by atoms with Gasteiger partial charge in [0, 0.05) is 30.0 Å². The van der Waals surface area contributed by atoms with Gasteiger partial charge in [-0.25, -0.2) is 4.98 Å². The number of carbonyl (C=O) groups is 1. The van der Waals surface area contributed by atoms with Gasteiger partial charge in [-0.05, 0) is 19.8 Å². The summed E-state index contributed by atoms with van der Waals surface area (Å²) in [6.07, 6.45) is 3.09. The Hall–Kier alpha value is -1.30. The number of hydrogen-bond donors (Lipinski definition) is 1. The van der Waals surface area contributed by atoms with Gasteiger partial charge in [-0.1, -0.05) is 32.0 Å². The molecule has 1 N–H and O–H groups in total. The van der Waals surface area contributed by atoms with Gasteiger partial charge in [-0.2, -0.15) is 0 Å². The van der Waals surface area contributed by atoms with E-state index in [9.17, 15) is 9.59 Å². The maximum absolute atomic E-state index is 12.5. The topological polar surface area (TPSA) is 64.0 Å². The second-order valence-electron chi connectivity index (χ2n) is 5.36. The normalized spacial score (nSPS) is 16.8. The first-order valence-electron chi connectivity index (χ1n) is 7.60. The lowest BCUT2D eigenvalue weighted by molar-refractivity contribution is -0.121. The Morgan fingerprint density at radius 2 is 2.24 bits per heavy atom. The summed E-state index contributed by atoms with van der Waals surface area (Å²) < 4.78 is 1.72. The molecule has 0 saturated carbocycles. The van der Waals surface area contributed by atoms with Gasteiger partial charge in [0.1, 0.15) is 0 Å². The molecule has 0 spiro atoms. The van der Waals surface area contributed by atoms with Crippen molar-refractivity contribution in [3.05, 3.63) is 21.6 Å². The van der Waals surface area contributed by atoms with Crippen molar-refractivity contribution in [1.29, 1.82) is 0 Å². The zero-order valence-corrected chi connectivity index (χ0v) is 13.8. The number of carbonyl (C=O) groups excluding carboxylic acids is 1. The first-order valence-corrected chi connectivity index (χ1v) is 8.58. The van der Waals surface area contributed by atoms with Gasteiger partial charge in [-0.15, -0.1) is 0 Å². The van der Waals surface area contributed by atoms with Crippen LogP contribution in [0.2, 0.25) is 0 Å². The van der Waals surface area contributed by atoms with Gasteiger partial charge in [0.25, 0.3) is 5.56 Å². The first kappa shape index (κ1) is 16.1. The number of thioether (sulfide) groups is 1. The van der Waals surface area contributed by atoms with Crippen LogP contribution in [0, 0.1) is 6.92 Å². The van der Waals surface area contributed by atoms with Gasteiger partial charge in [0.05, 0.1) is 6.04 Å².